The Hall–Kier alpha value is -2.25. The van der Waals surface area contributed by atoms with E-state index < -0.39 is 24.0 Å². The molecule has 0 fully saturated rings. The van der Waals surface area contributed by atoms with Crippen molar-refractivity contribution in [1.82, 2.24) is 9.55 Å². The van der Waals surface area contributed by atoms with Gasteiger partial charge in [0.2, 0.25) is 0 Å². The number of aromatic amines is 1. The van der Waals surface area contributed by atoms with E-state index in [4.69, 9.17) is 9.47 Å². The number of ether oxygens (including phenoxy) is 2. The van der Waals surface area contributed by atoms with Crippen molar-refractivity contribution >= 4 is 0 Å². The summed E-state index contributed by atoms with van der Waals surface area (Å²) >= 11 is 0. The fraction of sp³-hybridized carbons (Fsp3) is 0.375. The zero-order chi connectivity index (χ0) is 16.7. The lowest BCUT2D eigenvalue weighted by Crippen LogP contribution is -2.33. The molecule has 1 aromatic heterocycles. The third kappa shape index (κ3) is 5.15. The van der Waals surface area contributed by atoms with E-state index in [2.05, 4.69) is 4.98 Å². The first-order valence-electron chi connectivity index (χ1n) is 7.19. The average Bonchev–Trinajstić information content (AvgIpc) is 2.56. The van der Waals surface area contributed by atoms with Crippen LogP contribution >= 0.6 is 0 Å². The van der Waals surface area contributed by atoms with Crippen LogP contribution in [0.1, 0.15) is 11.1 Å². The third-order valence-electron chi connectivity index (χ3n) is 3.23. The number of alkyl halides is 1. The van der Waals surface area contributed by atoms with Crippen molar-refractivity contribution in [3.63, 3.8) is 0 Å². The van der Waals surface area contributed by atoms with Gasteiger partial charge in [0, 0.05) is 11.8 Å². The normalized spacial score (nSPS) is 12.3. The fourth-order valence-corrected chi connectivity index (χ4v) is 1.92. The molecule has 0 saturated heterocycles. The number of aromatic nitrogens is 2. The second kappa shape index (κ2) is 8.40. The summed E-state index contributed by atoms with van der Waals surface area (Å²) in [6, 6.07) is 9.52. The Labute approximate surface area is 132 Å². The van der Waals surface area contributed by atoms with Crippen LogP contribution in [-0.2, 0) is 22.8 Å². The number of aryl methyl sites for hydroxylation is 1. The fourth-order valence-electron chi connectivity index (χ4n) is 1.92. The topological polar surface area (TPSA) is 73.3 Å². The van der Waals surface area contributed by atoms with Gasteiger partial charge in [-0.05, 0) is 12.5 Å². The van der Waals surface area contributed by atoms with Crippen LogP contribution < -0.4 is 11.2 Å². The first kappa shape index (κ1) is 17.1. The zero-order valence-corrected chi connectivity index (χ0v) is 12.8. The van der Waals surface area contributed by atoms with E-state index in [0.717, 1.165) is 5.56 Å². The van der Waals surface area contributed by atoms with Gasteiger partial charge in [0.15, 0.2) is 0 Å². The molecule has 0 radical (unpaired) electrons. The Morgan fingerprint density at radius 1 is 1.26 bits per heavy atom. The number of hydrogen-bond acceptors (Lipinski definition) is 4. The van der Waals surface area contributed by atoms with E-state index in [9.17, 15) is 14.0 Å². The molecule has 23 heavy (non-hydrogen) atoms. The molecule has 0 spiro atoms. The molecule has 1 N–H and O–H groups in total. The maximum Gasteiger partial charge on any atom is 0.330 e. The summed E-state index contributed by atoms with van der Waals surface area (Å²) in [5, 5.41) is 0. The van der Waals surface area contributed by atoms with Crippen LogP contribution in [0.25, 0.3) is 0 Å². The lowest BCUT2D eigenvalue weighted by Gasteiger charge is -2.16. The Bertz CT molecular complexity index is 727. The van der Waals surface area contributed by atoms with Gasteiger partial charge < -0.3 is 9.47 Å². The number of halogens is 1. The van der Waals surface area contributed by atoms with E-state index in [1.54, 1.807) is 6.92 Å². The monoisotopic (exact) mass is 322 g/mol. The molecule has 6 nitrogen and oxygen atoms in total. The zero-order valence-electron chi connectivity index (χ0n) is 12.8. The molecule has 2 aromatic rings. The number of nitrogens with one attached hydrogen (secondary N) is 1. The van der Waals surface area contributed by atoms with Crippen LogP contribution in [0.4, 0.5) is 4.39 Å². The highest BCUT2D eigenvalue weighted by molar-refractivity contribution is 5.13. The number of H-pyrrole nitrogens is 1. The molecule has 7 heteroatoms. The minimum atomic E-state index is -0.780. The molecule has 124 valence electrons. The summed E-state index contributed by atoms with van der Waals surface area (Å²) in [5.41, 5.74) is 0.325. The van der Waals surface area contributed by atoms with Gasteiger partial charge in [0.05, 0.1) is 13.2 Å². The first-order valence-corrected chi connectivity index (χ1v) is 7.19. The summed E-state index contributed by atoms with van der Waals surface area (Å²) in [6.45, 7) is 1.12. The molecule has 0 aliphatic carbocycles. The summed E-state index contributed by atoms with van der Waals surface area (Å²) in [6.07, 6.45) is 0.597. The second-order valence-corrected chi connectivity index (χ2v) is 5.11. The molecule has 0 aliphatic heterocycles. The highest BCUT2D eigenvalue weighted by Crippen LogP contribution is 2.03. The van der Waals surface area contributed by atoms with Crippen molar-refractivity contribution < 1.29 is 13.9 Å². The van der Waals surface area contributed by atoms with Gasteiger partial charge in [-0.25, -0.2) is 9.18 Å². The highest BCUT2D eigenvalue weighted by atomic mass is 19.1. The van der Waals surface area contributed by atoms with Gasteiger partial charge in [-0.3, -0.25) is 14.3 Å². The van der Waals surface area contributed by atoms with Crippen molar-refractivity contribution in [2.75, 3.05) is 13.3 Å². The predicted octanol–water partition coefficient (Wildman–Crippen LogP) is 1.37. The lowest BCUT2D eigenvalue weighted by atomic mass is 10.2. The molecule has 2 rings (SSSR count). The maximum absolute atomic E-state index is 13.0. The second-order valence-electron chi connectivity index (χ2n) is 5.11. The quantitative estimate of drug-likeness (QED) is 0.797. The first-order chi connectivity index (χ1) is 11.1. The van der Waals surface area contributed by atoms with Gasteiger partial charge in [0.1, 0.15) is 19.5 Å². The summed E-state index contributed by atoms with van der Waals surface area (Å²) in [5.74, 6) is 0. The molecule has 1 heterocycles. The standard InChI is InChI=1S/C16H19FN2O4/c1-12-8-19(16(21)18-15(12)20)11-23-14(7-17)10-22-9-13-5-3-2-4-6-13/h2-6,8,14H,7,9-11H2,1H3,(H,18,20,21)/t14-/m1/s1. The third-order valence-corrected chi connectivity index (χ3v) is 3.23. The van der Waals surface area contributed by atoms with Crippen LogP contribution in [0.5, 0.6) is 0 Å². The molecule has 0 aliphatic rings. The van der Waals surface area contributed by atoms with Crippen LogP contribution in [0.15, 0.2) is 46.1 Å². The van der Waals surface area contributed by atoms with Crippen molar-refractivity contribution in [3.8, 4) is 0 Å². The van der Waals surface area contributed by atoms with Crippen molar-refractivity contribution in [1.29, 1.82) is 0 Å². The Kier molecular flexibility index (Phi) is 6.25. The molecule has 0 saturated carbocycles. The Balaban J connectivity index is 1.84. The van der Waals surface area contributed by atoms with Gasteiger partial charge in [-0.2, -0.15) is 0 Å². The summed E-state index contributed by atoms with van der Waals surface area (Å²) in [4.78, 5) is 25.0. The van der Waals surface area contributed by atoms with E-state index in [1.165, 1.54) is 10.8 Å². The number of benzene rings is 1. The number of hydrogen-bond donors (Lipinski definition) is 1. The average molecular weight is 322 g/mol. The number of rotatable bonds is 8. The van der Waals surface area contributed by atoms with Gasteiger partial charge >= 0.3 is 5.69 Å². The van der Waals surface area contributed by atoms with Crippen LogP contribution in [0, 0.1) is 6.92 Å². The van der Waals surface area contributed by atoms with Gasteiger partial charge in [-0.1, -0.05) is 30.3 Å². The molecule has 0 amide bonds. The van der Waals surface area contributed by atoms with Gasteiger partial charge in [-0.15, -0.1) is 0 Å². The smallest absolute Gasteiger partial charge is 0.330 e. The highest BCUT2D eigenvalue weighted by Gasteiger charge is 2.10. The van der Waals surface area contributed by atoms with Crippen molar-refractivity contribution in [2.45, 2.75) is 26.4 Å². The van der Waals surface area contributed by atoms with Crippen LogP contribution in [-0.4, -0.2) is 28.9 Å². The van der Waals surface area contributed by atoms with Crippen LogP contribution in [0.3, 0.4) is 0 Å². The predicted molar refractivity (Wildman–Crippen MR) is 83.0 cm³/mol. The lowest BCUT2D eigenvalue weighted by molar-refractivity contribution is -0.0592. The van der Waals surface area contributed by atoms with E-state index >= 15 is 0 Å². The summed E-state index contributed by atoms with van der Waals surface area (Å²) in [7, 11) is 0. The molecule has 1 atom stereocenters. The SMILES string of the molecule is Cc1cn(CO[C@H](CF)COCc2ccccc2)c(=O)[nH]c1=O. The molecular formula is C16H19FN2O4. The number of nitrogens with zero attached hydrogens (tertiary/aromatic N) is 1. The van der Waals surface area contributed by atoms with Crippen molar-refractivity contribution in [3.05, 3.63) is 68.5 Å². The molecule has 1 aromatic carbocycles. The largest absolute Gasteiger partial charge is 0.374 e. The molecule has 0 bridgehead atoms. The minimum Gasteiger partial charge on any atom is -0.374 e. The Morgan fingerprint density at radius 3 is 2.70 bits per heavy atom. The molecule has 0 unspecified atom stereocenters. The van der Waals surface area contributed by atoms with Gasteiger partial charge in [0.25, 0.3) is 5.56 Å². The minimum absolute atomic E-state index is 0.0719. The summed E-state index contributed by atoms with van der Waals surface area (Å²) < 4.78 is 24.9. The van der Waals surface area contributed by atoms with E-state index in [1.807, 2.05) is 30.3 Å². The van der Waals surface area contributed by atoms with Crippen LogP contribution in [0.2, 0.25) is 0 Å². The maximum atomic E-state index is 13.0. The van der Waals surface area contributed by atoms with E-state index in [0.29, 0.717) is 12.2 Å². The molecular weight excluding hydrogens is 303 g/mol. The Morgan fingerprint density at radius 2 is 2.00 bits per heavy atom. The van der Waals surface area contributed by atoms with Crippen molar-refractivity contribution in [2.24, 2.45) is 0 Å². The van der Waals surface area contributed by atoms with E-state index in [-0.39, 0.29) is 13.3 Å².